The molecule has 0 amide bonds. The average Bonchev–Trinajstić information content (AvgIpc) is 3.34. The maximum Gasteiger partial charge on any atom is 0.246 e. The van der Waals surface area contributed by atoms with Crippen molar-refractivity contribution in [1.29, 1.82) is 5.26 Å². The highest BCUT2D eigenvalue weighted by Crippen LogP contribution is 2.32. The molecular formula is C20H28N8O3S. The van der Waals surface area contributed by atoms with E-state index in [1.807, 2.05) is 0 Å². The van der Waals surface area contributed by atoms with Crippen molar-refractivity contribution in [3.63, 3.8) is 0 Å². The van der Waals surface area contributed by atoms with Gasteiger partial charge in [-0.15, -0.1) is 0 Å². The molecule has 2 aromatic heterocycles. The predicted molar refractivity (Wildman–Crippen MR) is 117 cm³/mol. The van der Waals surface area contributed by atoms with Crippen LogP contribution in [0.1, 0.15) is 44.6 Å². The van der Waals surface area contributed by atoms with Crippen molar-refractivity contribution < 1.29 is 13.5 Å². The van der Waals surface area contributed by atoms with Crippen LogP contribution in [0.3, 0.4) is 0 Å². The Bertz CT molecular complexity index is 1120. The van der Waals surface area contributed by atoms with E-state index in [-0.39, 0.29) is 17.0 Å². The minimum atomic E-state index is -3.56. The number of hydrogen-bond donors (Lipinski definition) is 3. The minimum absolute atomic E-state index is 0.00530. The lowest BCUT2D eigenvalue weighted by atomic mass is 10.0. The fourth-order valence-corrected chi connectivity index (χ4v) is 5.75. The molecule has 172 valence electrons. The van der Waals surface area contributed by atoms with Crippen molar-refractivity contribution in [3.05, 3.63) is 24.2 Å². The molecule has 0 bridgehead atoms. The molecule has 2 atom stereocenters. The summed E-state index contributed by atoms with van der Waals surface area (Å²) in [7, 11) is -1.87. The summed E-state index contributed by atoms with van der Waals surface area (Å²) < 4.78 is 28.5. The van der Waals surface area contributed by atoms with Crippen LogP contribution in [0.4, 0.5) is 11.8 Å². The zero-order valence-electron chi connectivity index (χ0n) is 18.2. The van der Waals surface area contributed by atoms with E-state index in [1.165, 1.54) is 27.6 Å². The third-order valence-electron chi connectivity index (χ3n) is 6.25. The molecule has 12 heteroatoms. The number of nitrogens with zero attached hydrogens (tertiary/aromatic N) is 6. The predicted octanol–water partition coefficient (Wildman–Crippen LogP) is 1.06. The fourth-order valence-electron chi connectivity index (χ4n) is 4.29. The maximum absolute atomic E-state index is 12.8. The van der Waals surface area contributed by atoms with Crippen LogP contribution in [0.15, 0.2) is 23.5 Å². The lowest BCUT2D eigenvalue weighted by Gasteiger charge is -2.31. The van der Waals surface area contributed by atoms with Gasteiger partial charge in [0.05, 0.1) is 24.0 Å². The van der Waals surface area contributed by atoms with Gasteiger partial charge in [0, 0.05) is 32.4 Å². The summed E-state index contributed by atoms with van der Waals surface area (Å²) in [5, 5.41) is 30.4. The van der Waals surface area contributed by atoms with Gasteiger partial charge in [0.1, 0.15) is 22.3 Å². The van der Waals surface area contributed by atoms with Crippen LogP contribution in [-0.2, 0) is 17.1 Å². The zero-order valence-corrected chi connectivity index (χ0v) is 19.0. The highest BCUT2D eigenvalue weighted by atomic mass is 32.2. The molecule has 3 heterocycles. The van der Waals surface area contributed by atoms with Crippen LogP contribution in [-0.4, -0.2) is 68.4 Å². The zero-order chi connectivity index (χ0) is 22.9. The Labute approximate surface area is 187 Å². The summed E-state index contributed by atoms with van der Waals surface area (Å²) in [5.41, 5.74) is -0.534. The quantitative estimate of drug-likeness (QED) is 0.575. The van der Waals surface area contributed by atoms with Crippen LogP contribution in [0.2, 0.25) is 0 Å². The number of aliphatic hydroxyl groups is 1. The molecule has 32 heavy (non-hydrogen) atoms. The first-order chi connectivity index (χ1) is 15.2. The van der Waals surface area contributed by atoms with E-state index in [2.05, 4.69) is 31.8 Å². The van der Waals surface area contributed by atoms with Gasteiger partial charge in [0.25, 0.3) is 0 Å². The summed E-state index contributed by atoms with van der Waals surface area (Å²) in [6.45, 7) is 2.54. The van der Waals surface area contributed by atoms with Gasteiger partial charge in [-0.3, -0.25) is 4.68 Å². The second-order valence-corrected chi connectivity index (χ2v) is 10.6. The molecule has 4 rings (SSSR count). The van der Waals surface area contributed by atoms with Crippen molar-refractivity contribution in [2.24, 2.45) is 7.05 Å². The first-order valence-electron chi connectivity index (χ1n) is 10.7. The SMILES string of the molecule is Cn1cc(S(=O)(=O)N2CCC(Nc3ncc(C#N)c(N[C@H]4CCC[C@]4(C)O)n3)CC2)cn1. The fraction of sp³-hybridized carbons (Fsp3) is 0.600. The highest BCUT2D eigenvalue weighted by molar-refractivity contribution is 7.89. The van der Waals surface area contributed by atoms with Gasteiger partial charge in [-0.25, -0.2) is 13.4 Å². The molecule has 0 radical (unpaired) electrons. The normalized spacial score (nSPS) is 24.9. The standard InChI is InChI=1S/C20H28N8O3S/c1-20(29)7-3-4-17(20)25-18-14(10-21)11-22-19(26-18)24-15-5-8-28(9-6-15)32(30,31)16-12-23-27(2)13-16/h11-13,15,17,29H,3-9H2,1-2H3,(H2,22,24,25,26)/t17-,20-/m0/s1. The summed E-state index contributed by atoms with van der Waals surface area (Å²) in [6.07, 6.45) is 7.93. The van der Waals surface area contributed by atoms with E-state index in [9.17, 15) is 18.8 Å². The van der Waals surface area contributed by atoms with Crippen LogP contribution >= 0.6 is 0 Å². The Kier molecular flexibility index (Phi) is 6.07. The van der Waals surface area contributed by atoms with E-state index >= 15 is 0 Å². The highest BCUT2D eigenvalue weighted by Gasteiger charge is 2.37. The number of piperidine rings is 1. The summed E-state index contributed by atoms with van der Waals surface area (Å²) in [5.74, 6) is 0.770. The van der Waals surface area contributed by atoms with Crippen LogP contribution < -0.4 is 10.6 Å². The number of sulfonamides is 1. The molecule has 3 N–H and O–H groups in total. The second-order valence-electron chi connectivity index (χ2n) is 8.69. The maximum atomic E-state index is 12.8. The summed E-state index contributed by atoms with van der Waals surface area (Å²) >= 11 is 0. The first-order valence-corrected chi connectivity index (χ1v) is 12.1. The van der Waals surface area contributed by atoms with E-state index in [0.717, 1.165) is 12.8 Å². The minimum Gasteiger partial charge on any atom is -0.388 e. The molecule has 1 aliphatic heterocycles. The molecule has 1 saturated heterocycles. The molecule has 1 saturated carbocycles. The van der Waals surface area contributed by atoms with Crippen LogP contribution in [0.25, 0.3) is 0 Å². The van der Waals surface area contributed by atoms with E-state index in [4.69, 9.17) is 0 Å². The summed E-state index contributed by atoms with van der Waals surface area (Å²) in [4.78, 5) is 8.91. The third-order valence-corrected chi connectivity index (χ3v) is 8.10. The van der Waals surface area contributed by atoms with Crippen LogP contribution in [0.5, 0.6) is 0 Å². The molecular weight excluding hydrogens is 432 g/mol. The van der Waals surface area contributed by atoms with Gasteiger partial charge in [-0.05, 0) is 39.0 Å². The van der Waals surface area contributed by atoms with Crippen molar-refractivity contribution >= 4 is 21.8 Å². The third kappa shape index (κ3) is 4.55. The van der Waals surface area contributed by atoms with E-state index in [0.29, 0.717) is 49.7 Å². The molecule has 0 aromatic carbocycles. The first kappa shape index (κ1) is 22.4. The second kappa shape index (κ2) is 8.65. The number of anilines is 2. The molecule has 0 spiro atoms. The molecule has 11 nitrogen and oxygen atoms in total. The van der Waals surface area contributed by atoms with Gasteiger partial charge < -0.3 is 15.7 Å². The van der Waals surface area contributed by atoms with Crippen LogP contribution in [0, 0.1) is 11.3 Å². The van der Waals surface area contributed by atoms with Crippen molar-refractivity contribution in [2.75, 3.05) is 23.7 Å². The number of aryl methyl sites for hydroxylation is 1. The Morgan fingerprint density at radius 2 is 2.00 bits per heavy atom. The number of hydrogen-bond acceptors (Lipinski definition) is 9. The smallest absolute Gasteiger partial charge is 0.246 e. The van der Waals surface area contributed by atoms with Gasteiger partial charge in [-0.2, -0.15) is 19.6 Å². The topological polar surface area (TPSA) is 149 Å². The van der Waals surface area contributed by atoms with Crippen molar-refractivity contribution in [1.82, 2.24) is 24.1 Å². The number of nitriles is 1. The molecule has 2 aromatic rings. The van der Waals surface area contributed by atoms with E-state index in [1.54, 1.807) is 14.0 Å². The van der Waals surface area contributed by atoms with Crippen molar-refractivity contribution in [3.8, 4) is 6.07 Å². The van der Waals surface area contributed by atoms with Crippen molar-refractivity contribution in [2.45, 2.75) is 61.6 Å². The lowest BCUT2D eigenvalue weighted by Crippen LogP contribution is -2.42. The monoisotopic (exact) mass is 460 g/mol. The molecule has 2 fully saturated rings. The average molecular weight is 461 g/mol. The summed E-state index contributed by atoms with van der Waals surface area (Å²) in [6, 6.07) is 1.91. The Morgan fingerprint density at radius 3 is 2.59 bits per heavy atom. The number of rotatable bonds is 6. The Morgan fingerprint density at radius 1 is 1.25 bits per heavy atom. The van der Waals surface area contributed by atoms with Gasteiger partial charge in [-0.1, -0.05) is 0 Å². The van der Waals surface area contributed by atoms with Gasteiger partial charge >= 0.3 is 0 Å². The molecule has 0 unspecified atom stereocenters. The Hall–Kier alpha value is -2.75. The molecule has 2 aliphatic rings. The molecule has 1 aliphatic carbocycles. The van der Waals surface area contributed by atoms with Gasteiger partial charge in [0.2, 0.25) is 16.0 Å². The Balaban J connectivity index is 1.40. The lowest BCUT2D eigenvalue weighted by molar-refractivity contribution is 0.0577. The van der Waals surface area contributed by atoms with Gasteiger partial charge in [0.15, 0.2) is 0 Å². The number of nitrogens with one attached hydrogen (secondary N) is 2. The largest absolute Gasteiger partial charge is 0.388 e. The van der Waals surface area contributed by atoms with E-state index < -0.39 is 15.6 Å². The number of aromatic nitrogens is 4.